The molecule has 6 heteroatoms. The van der Waals surface area contributed by atoms with E-state index in [2.05, 4.69) is 20.9 Å². The quantitative estimate of drug-likeness (QED) is 0.738. The molecule has 102 valence electrons. The molecular weight excluding hydrogens is 346 g/mol. The molecule has 2 N–H and O–H groups in total. The maximum atomic E-state index is 11.1. The molecule has 0 bridgehead atoms. The van der Waals surface area contributed by atoms with Crippen LogP contribution in [0.2, 0.25) is 5.02 Å². The van der Waals surface area contributed by atoms with E-state index in [-0.39, 0.29) is 0 Å². The Kier molecular flexibility index (Phi) is 3.41. The van der Waals surface area contributed by atoms with Crippen LogP contribution in [0.25, 0.3) is 11.1 Å². The van der Waals surface area contributed by atoms with Crippen molar-refractivity contribution in [3.8, 4) is 0 Å². The van der Waals surface area contributed by atoms with Gasteiger partial charge in [-0.05, 0) is 41.5 Å². The maximum Gasteiger partial charge on any atom is 0.417 e. The average molecular weight is 355 g/mol. The molecule has 1 heterocycles. The number of halogens is 2. The van der Waals surface area contributed by atoms with E-state index in [1.54, 1.807) is 36.4 Å². The summed E-state index contributed by atoms with van der Waals surface area (Å²) in [6.07, 6.45) is -0.852. The van der Waals surface area contributed by atoms with E-state index in [0.29, 0.717) is 27.2 Å². The monoisotopic (exact) mass is 353 g/mol. The summed E-state index contributed by atoms with van der Waals surface area (Å²) in [6, 6.07) is 10.3. The van der Waals surface area contributed by atoms with Crippen molar-refractivity contribution in [2.45, 2.75) is 6.10 Å². The molecule has 3 aromatic rings. The number of hydrogen-bond donors (Lipinski definition) is 2. The van der Waals surface area contributed by atoms with Crippen LogP contribution in [-0.2, 0) is 0 Å². The number of oxazole rings is 1. The number of benzene rings is 2. The lowest BCUT2D eigenvalue weighted by atomic mass is 10.0. The Labute approximate surface area is 127 Å². The molecule has 4 nitrogen and oxygen atoms in total. The van der Waals surface area contributed by atoms with Crippen molar-refractivity contribution in [2.75, 3.05) is 0 Å². The van der Waals surface area contributed by atoms with E-state index in [4.69, 9.17) is 16.0 Å². The zero-order chi connectivity index (χ0) is 14.3. The second kappa shape index (κ2) is 5.09. The van der Waals surface area contributed by atoms with Gasteiger partial charge in [0, 0.05) is 9.50 Å². The van der Waals surface area contributed by atoms with Crippen molar-refractivity contribution in [3.63, 3.8) is 0 Å². The van der Waals surface area contributed by atoms with Gasteiger partial charge >= 0.3 is 5.76 Å². The minimum absolute atomic E-state index is 0.410. The standard InChI is InChI=1S/C14H9BrClNO3/c15-9-3-8(4-10(16)6-9)13(18)7-1-2-11-12(5-7)20-14(19)17-11/h1-6,13,18H,(H,17,19). The second-order valence-corrected chi connectivity index (χ2v) is 5.73. The highest BCUT2D eigenvalue weighted by atomic mass is 79.9. The first-order valence-electron chi connectivity index (χ1n) is 5.80. The van der Waals surface area contributed by atoms with Crippen LogP contribution in [0.3, 0.4) is 0 Å². The topological polar surface area (TPSA) is 66.2 Å². The first-order chi connectivity index (χ1) is 9.52. The number of H-pyrrole nitrogens is 1. The molecule has 1 atom stereocenters. The molecule has 2 aromatic carbocycles. The Hall–Kier alpha value is -1.56. The van der Waals surface area contributed by atoms with Crippen LogP contribution < -0.4 is 5.76 Å². The highest BCUT2D eigenvalue weighted by molar-refractivity contribution is 9.10. The van der Waals surface area contributed by atoms with Gasteiger partial charge < -0.3 is 9.52 Å². The molecule has 0 amide bonds. The third-order valence-electron chi connectivity index (χ3n) is 2.96. The maximum absolute atomic E-state index is 11.1. The molecule has 20 heavy (non-hydrogen) atoms. The SMILES string of the molecule is O=c1[nH]c2ccc(C(O)c3cc(Cl)cc(Br)c3)cc2o1. The minimum atomic E-state index is -0.852. The summed E-state index contributed by atoms with van der Waals surface area (Å²) in [5.41, 5.74) is 2.28. The molecule has 0 fully saturated rings. The molecule has 1 unspecified atom stereocenters. The molecule has 0 aliphatic carbocycles. The number of hydrogen-bond acceptors (Lipinski definition) is 3. The highest BCUT2D eigenvalue weighted by Gasteiger charge is 2.13. The van der Waals surface area contributed by atoms with E-state index >= 15 is 0 Å². The van der Waals surface area contributed by atoms with E-state index in [1.807, 2.05) is 0 Å². The first kappa shape index (κ1) is 13.4. The van der Waals surface area contributed by atoms with Crippen molar-refractivity contribution in [2.24, 2.45) is 0 Å². The zero-order valence-electron chi connectivity index (χ0n) is 10.1. The summed E-state index contributed by atoms with van der Waals surface area (Å²) < 4.78 is 5.77. The minimum Gasteiger partial charge on any atom is -0.408 e. The van der Waals surface area contributed by atoms with E-state index in [1.165, 1.54) is 0 Å². The van der Waals surface area contributed by atoms with Gasteiger partial charge in [0.05, 0.1) is 5.52 Å². The van der Waals surface area contributed by atoms with Crippen LogP contribution in [0, 0.1) is 0 Å². The number of aliphatic hydroxyl groups is 1. The second-order valence-electron chi connectivity index (χ2n) is 4.38. The number of aromatic nitrogens is 1. The predicted octanol–water partition coefficient (Wildman–Crippen LogP) is 3.62. The highest BCUT2D eigenvalue weighted by Crippen LogP contribution is 2.29. The third kappa shape index (κ3) is 2.52. The van der Waals surface area contributed by atoms with Crippen molar-refractivity contribution in [3.05, 3.63) is 67.6 Å². The fraction of sp³-hybridized carbons (Fsp3) is 0.0714. The molecule has 0 saturated carbocycles. The molecule has 1 aromatic heterocycles. The van der Waals surface area contributed by atoms with Crippen LogP contribution in [-0.4, -0.2) is 10.1 Å². The lowest BCUT2D eigenvalue weighted by Crippen LogP contribution is -1.99. The van der Waals surface area contributed by atoms with Crippen molar-refractivity contribution < 1.29 is 9.52 Å². The molecule has 3 rings (SSSR count). The molecular formula is C14H9BrClNO3. The van der Waals surface area contributed by atoms with Gasteiger partial charge in [0.15, 0.2) is 5.58 Å². The Bertz CT molecular complexity index is 820. The molecule has 0 spiro atoms. The Balaban J connectivity index is 2.06. The predicted molar refractivity (Wildman–Crippen MR) is 80.0 cm³/mol. The van der Waals surface area contributed by atoms with Gasteiger partial charge in [0.25, 0.3) is 0 Å². The van der Waals surface area contributed by atoms with Gasteiger partial charge in [0.2, 0.25) is 0 Å². The number of rotatable bonds is 2. The van der Waals surface area contributed by atoms with E-state index in [0.717, 1.165) is 4.47 Å². The summed E-state index contributed by atoms with van der Waals surface area (Å²) >= 11 is 9.31. The van der Waals surface area contributed by atoms with E-state index in [9.17, 15) is 9.90 Å². The summed E-state index contributed by atoms with van der Waals surface area (Å²) in [4.78, 5) is 13.7. The zero-order valence-corrected chi connectivity index (χ0v) is 12.4. The molecule has 0 aliphatic rings. The van der Waals surface area contributed by atoms with Gasteiger partial charge in [-0.1, -0.05) is 33.6 Å². The van der Waals surface area contributed by atoms with Crippen molar-refractivity contribution in [1.82, 2.24) is 4.98 Å². The van der Waals surface area contributed by atoms with Gasteiger partial charge in [-0.2, -0.15) is 0 Å². The fourth-order valence-electron chi connectivity index (χ4n) is 2.06. The lowest BCUT2D eigenvalue weighted by molar-refractivity contribution is 0.220. The van der Waals surface area contributed by atoms with Crippen LogP contribution >= 0.6 is 27.5 Å². The summed E-state index contributed by atoms with van der Waals surface area (Å²) in [5.74, 6) is -0.517. The van der Waals surface area contributed by atoms with Crippen molar-refractivity contribution >= 4 is 38.6 Å². The van der Waals surface area contributed by atoms with Gasteiger partial charge in [-0.3, -0.25) is 4.98 Å². The summed E-state index contributed by atoms with van der Waals surface area (Å²) in [7, 11) is 0. The van der Waals surface area contributed by atoms with Gasteiger partial charge in [-0.25, -0.2) is 4.79 Å². The van der Waals surface area contributed by atoms with Gasteiger partial charge in [0.1, 0.15) is 6.10 Å². The fourth-order valence-corrected chi connectivity index (χ4v) is 2.94. The Morgan fingerprint density at radius 3 is 2.75 bits per heavy atom. The van der Waals surface area contributed by atoms with Crippen molar-refractivity contribution in [1.29, 1.82) is 0 Å². The number of fused-ring (bicyclic) bond motifs is 1. The average Bonchev–Trinajstić information content (AvgIpc) is 2.75. The first-order valence-corrected chi connectivity index (χ1v) is 6.97. The smallest absolute Gasteiger partial charge is 0.408 e. The lowest BCUT2D eigenvalue weighted by Gasteiger charge is -2.12. The Morgan fingerprint density at radius 2 is 2.00 bits per heavy atom. The van der Waals surface area contributed by atoms with E-state index < -0.39 is 11.9 Å². The van der Waals surface area contributed by atoms with Crippen LogP contribution in [0.1, 0.15) is 17.2 Å². The van der Waals surface area contributed by atoms with Gasteiger partial charge in [-0.15, -0.1) is 0 Å². The molecule has 0 aliphatic heterocycles. The molecule has 0 radical (unpaired) electrons. The van der Waals surface area contributed by atoms with Crippen LogP contribution in [0.4, 0.5) is 0 Å². The summed E-state index contributed by atoms with van der Waals surface area (Å²) in [5, 5.41) is 10.9. The third-order valence-corrected chi connectivity index (χ3v) is 3.64. The largest absolute Gasteiger partial charge is 0.417 e. The Morgan fingerprint density at radius 1 is 1.20 bits per heavy atom. The number of aromatic amines is 1. The van der Waals surface area contributed by atoms with Crippen LogP contribution in [0.15, 0.2) is 50.1 Å². The number of aliphatic hydroxyl groups excluding tert-OH is 1. The molecule has 0 saturated heterocycles. The normalized spacial score (nSPS) is 12.8. The van der Waals surface area contributed by atoms with Crippen LogP contribution in [0.5, 0.6) is 0 Å². The summed E-state index contributed by atoms with van der Waals surface area (Å²) in [6.45, 7) is 0. The number of nitrogens with one attached hydrogen (secondary N) is 1.